The van der Waals surface area contributed by atoms with Crippen LogP contribution in [0.4, 0.5) is 5.00 Å². The average molecular weight is 442 g/mol. The molecule has 2 aromatic rings. The van der Waals surface area contributed by atoms with E-state index in [1.807, 2.05) is 0 Å². The smallest absolute Gasteiger partial charge is 0.329 e. The number of hydrogen-bond donors (Lipinski definition) is 2. The molecule has 2 N–H and O–H groups in total. The van der Waals surface area contributed by atoms with Crippen molar-refractivity contribution in [2.75, 3.05) is 26.6 Å². The third kappa shape index (κ3) is 4.62. The third-order valence-corrected chi connectivity index (χ3v) is 6.03. The molecule has 1 aliphatic carbocycles. The maximum absolute atomic E-state index is 12.3. The molecule has 0 saturated heterocycles. The third-order valence-electron chi connectivity index (χ3n) is 4.82. The molecule has 0 bridgehead atoms. The summed E-state index contributed by atoms with van der Waals surface area (Å²) in [5.41, 5.74) is 4.12. The predicted molar refractivity (Wildman–Crippen MR) is 116 cm³/mol. The SMILES string of the molecule is COc1ccc(C=NNC(=O)C(=O)Nc2sc3c(c2C#N)CCCC3)c(OC)c1OC. The molecule has 2 amide bonds. The number of benzene rings is 1. The van der Waals surface area contributed by atoms with Gasteiger partial charge in [0.15, 0.2) is 11.5 Å². The molecule has 0 aliphatic heterocycles. The highest BCUT2D eigenvalue weighted by atomic mass is 32.1. The van der Waals surface area contributed by atoms with Gasteiger partial charge in [0.1, 0.15) is 11.1 Å². The number of rotatable bonds is 6. The van der Waals surface area contributed by atoms with Crippen molar-refractivity contribution >= 4 is 34.4 Å². The maximum atomic E-state index is 12.3. The number of hydrogen-bond acceptors (Lipinski definition) is 8. The van der Waals surface area contributed by atoms with Crippen LogP contribution in [-0.4, -0.2) is 39.4 Å². The molecular weight excluding hydrogens is 420 g/mol. The van der Waals surface area contributed by atoms with E-state index in [4.69, 9.17) is 14.2 Å². The van der Waals surface area contributed by atoms with Gasteiger partial charge in [0, 0.05) is 10.4 Å². The first-order valence-electron chi connectivity index (χ1n) is 9.52. The number of methoxy groups -OCH3 is 3. The van der Waals surface area contributed by atoms with Crippen LogP contribution in [0.1, 0.15) is 34.4 Å². The fraction of sp³-hybridized carbons (Fsp3) is 0.333. The molecule has 0 atom stereocenters. The lowest BCUT2D eigenvalue weighted by Crippen LogP contribution is -2.32. The van der Waals surface area contributed by atoms with Gasteiger partial charge in [-0.1, -0.05) is 0 Å². The first kappa shape index (κ1) is 22.1. The summed E-state index contributed by atoms with van der Waals surface area (Å²) in [5, 5.41) is 16.2. The molecule has 1 aliphatic rings. The van der Waals surface area contributed by atoms with Gasteiger partial charge in [0.2, 0.25) is 5.75 Å². The molecule has 1 aromatic heterocycles. The van der Waals surface area contributed by atoms with E-state index in [9.17, 15) is 14.9 Å². The molecule has 0 spiro atoms. The van der Waals surface area contributed by atoms with Crippen molar-refractivity contribution in [2.24, 2.45) is 5.10 Å². The van der Waals surface area contributed by atoms with Gasteiger partial charge in [-0.05, 0) is 43.4 Å². The van der Waals surface area contributed by atoms with Crippen molar-refractivity contribution in [1.82, 2.24) is 5.43 Å². The minimum Gasteiger partial charge on any atom is -0.493 e. The number of nitriles is 1. The highest BCUT2D eigenvalue weighted by Gasteiger charge is 2.23. The van der Waals surface area contributed by atoms with Crippen LogP contribution in [0, 0.1) is 11.3 Å². The Morgan fingerprint density at radius 1 is 1.10 bits per heavy atom. The van der Waals surface area contributed by atoms with Crippen molar-refractivity contribution < 1.29 is 23.8 Å². The maximum Gasteiger partial charge on any atom is 0.329 e. The van der Waals surface area contributed by atoms with Gasteiger partial charge >= 0.3 is 11.8 Å². The minimum atomic E-state index is -0.953. The summed E-state index contributed by atoms with van der Waals surface area (Å²) in [5.74, 6) is -0.625. The molecule has 3 rings (SSSR count). The normalized spacial score (nSPS) is 12.6. The van der Waals surface area contributed by atoms with Crippen molar-refractivity contribution in [2.45, 2.75) is 25.7 Å². The Balaban J connectivity index is 1.69. The summed E-state index contributed by atoms with van der Waals surface area (Å²) < 4.78 is 15.9. The van der Waals surface area contributed by atoms with E-state index in [-0.39, 0.29) is 0 Å². The highest BCUT2D eigenvalue weighted by molar-refractivity contribution is 7.16. The zero-order valence-electron chi connectivity index (χ0n) is 17.4. The number of carbonyl (C=O) groups is 2. The molecule has 162 valence electrons. The fourth-order valence-corrected chi connectivity index (χ4v) is 4.60. The molecule has 1 aromatic carbocycles. The van der Waals surface area contributed by atoms with Crippen LogP contribution in [0.2, 0.25) is 0 Å². The minimum absolute atomic E-state index is 0.368. The first-order chi connectivity index (χ1) is 15.0. The van der Waals surface area contributed by atoms with Gasteiger partial charge in [-0.15, -0.1) is 11.3 Å². The summed E-state index contributed by atoms with van der Waals surface area (Å²) in [4.78, 5) is 25.5. The van der Waals surface area contributed by atoms with Gasteiger partial charge in [-0.3, -0.25) is 9.59 Å². The number of anilines is 1. The van der Waals surface area contributed by atoms with Crippen LogP contribution in [0.15, 0.2) is 17.2 Å². The average Bonchev–Trinajstić information content (AvgIpc) is 3.14. The van der Waals surface area contributed by atoms with Crippen molar-refractivity contribution in [3.8, 4) is 23.3 Å². The number of fused-ring (bicyclic) bond motifs is 1. The highest BCUT2D eigenvalue weighted by Crippen LogP contribution is 2.39. The first-order valence-corrected chi connectivity index (χ1v) is 10.3. The number of amides is 2. The van der Waals surface area contributed by atoms with E-state index < -0.39 is 11.8 Å². The van der Waals surface area contributed by atoms with Crippen LogP contribution in [0.3, 0.4) is 0 Å². The summed E-state index contributed by atoms with van der Waals surface area (Å²) in [6.45, 7) is 0. The van der Waals surface area contributed by atoms with Crippen LogP contribution in [-0.2, 0) is 22.4 Å². The predicted octanol–water partition coefficient (Wildman–Crippen LogP) is 2.61. The summed E-state index contributed by atoms with van der Waals surface area (Å²) in [7, 11) is 4.45. The lowest BCUT2D eigenvalue weighted by molar-refractivity contribution is -0.136. The van der Waals surface area contributed by atoms with Crippen LogP contribution in [0.25, 0.3) is 0 Å². The number of ether oxygens (including phenoxy) is 3. The number of nitrogens with zero attached hydrogens (tertiary/aromatic N) is 2. The summed E-state index contributed by atoms with van der Waals surface area (Å²) in [6.07, 6.45) is 5.10. The Hall–Kier alpha value is -3.58. The van der Waals surface area contributed by atoms with E-state index >= 15 is 0 Å². The molecule has 0 radical (unpaired) electrons. The standard InChI is InChI=1S/C21H22N4O5S/c1-28-15-9-8-12(17(29-2)18(15)30-3)11-23-25-20(27)19(26)24-21-14(10-22)13-6-4-5-7-16(13)31-21/h8-9,11H,4-7H2,1-3H3,(H,24,26)(H,25,27). The van der Waals surface area contributed by atoms with E-state index in [1.165, 1.54) is 38.9 Å². The number of nitrogens with one attached hydrogen (secondary N) is 2. The quantitative estimate of drug-likeness (QED) is 0.403. The monoisotopic (exact) mass is 442 g/mol. The fourth-order valence-electron chi connectivity index (χ4n) is 3.37. The van der Waals surface area contributed by atoms with Gasteiger partial charge in [0.05, 0.1) is 33.1 Å². The number of thiophene rings is 1. The van der Waals surface area contributed by atoms with E-state index in [1.54, 1.807) is 12.1 Å². The van der Waals surface area contributed by atoms with E-state index in [2.05, 4.69) is 21.9 Å². The Morgan fingerprint density at radius 3 is 2.52 bits per heavy atom. The Kier molecular flexibility index (Phi) is 7.10. The number of aryl methyl sites for hydroxylation is 1. The number of carbonyl (C=O) groups excluding carboxylic acids is 2. The molecule has 0 fully saturated rings. The largest absolute Gasteiger partial charge is 0.493 e. The van der Waals surface area contributed by atoms with Gasteiger partial charge in [-0.2, -0.15) is 10.4 Å². The molecule has 1 heterocycles. The molecule has 10 heteroatoms. The van der Waals surface area contributed by atoms with Crippen molar-refractivity contribution in [3.05, 3.63) is 33.7 Å². The molecule has 31 heavy (non-hydrogen) atoms. The zero-order chi connectivity index (χ0) is 22.4. The second-order valence-corrected chi connectivity index (χ2v) is 7.71. The second-order valence-electron chi connectivity index (χ2n) is 6.60. The van der Waals surface area contributed by atoms with Crippen molar-refractivity contribution in [1.29, 1.82) is 5.26 Å². The van der Waals surface area contributed by atoms with Gasteiger partial charge in [0.25, 0.3) is 0 Å². The Bertz CT molecular complexity index is 1070. The summed E-state index contributed by atoms with van der Waals surface area (Å²) >= 11 is 1.35. The number of hydrazone groups is 1. The molecule has 0 unspecified atom stereocenters. The van der Waals surface area contributed by atoms with Crippen LogP contribution in [0.5, 0.6) is 17.2 Å². The molecule has 0 saturated carbocycles. The van der Waals surface area contributed by atoms with E-state index in [0.717, 1.165) is 36.1 Å². The Morgan fingerprint density at radius 2 is 1.84 bits per heavy atom. The van der Waals surface area contributed by atoms with Crippen LogP contribution >= 0.6 is 11.3 Å². The topological polar surface area (TPSA) is 122 Å². The molecule has 9 nitrogen and oxygen atoms in total. The Labute approximate surface area is 183 Å². The van der Waals surface area contributed by atoms with Crippen molar-refractivity contribution in [3.63, 3.8) is 0 Å². The lowest BCUT2D eigenvalue weighted by atomic mass is 9.96. The second kappa shape index (κ2) is 9.95. The lowest BCUT2D eigenvalue weighted by Gasteiger charge is -2.13. The van der Waals surface area contributed by atoms with Gasteiger partial charge < -0.3 is 19.5 Å². The zero-order valence-corrected chi connectivity index (χ0v) is 18.2. The van der Waals surface area contributed by atoms with E-state index in [0.29, 0.717) is 33.4 Å². The molecular formula is C21H22N4O5S. The van der Waals surface area contributed by atoms with Crippen LogP contribution < -0.4 is 25.0 Å². The summed E-state index contributed by atoms with van der Waals surface area (Å²) in [6, 6.07) is 5.48. The van der Waals surface area contributed by atoms with Gasteiger partial charge in [-0.25, -0.2) is 5.43 Å².